The standard InChI is InChI=1S/C16H16Cl2N2O/c1-10(15-8-3-12(17)9-16(15)18)19-13-4-6-14(7-5-13)20-11(2)21/h3-10,19H,1-2H3,(H,20,21). The topological polar surface area (TPSA) is 41.1 Å². The number of halogens is 2. The molecule has 0 saturated carbocycles. The van der Waals surface area contributed by atoms with Crippen molar-refractivity contribution in [1.82, 2.24) is 0 Å². The third-order valence-corrected chi connectivity index (χ3v) is 3.58. The van der Waals surface area contributed by atoms with Gasteiger partial charge in [-0.15, -0.1) is 0 Å². The molecule has 1 amide bonds. The van der Waals surface area contributed by atoms with E-state index >= 15 is 0 Å². The highest BCUT2D eigenvalue weighted by atomic mass is 35.5. The van der Waals surface area contributed by atoms with Gasteiger partial charge in [-0.2, -0.15) is 0 Å². The van der Waals surface area contributed by atoms with Crippen molar-refractivity contribution in [3.05, 3.63) is 58.1 Å². The van der Waals surface area contributed by atoms with Gasteiger partial charge in [0.2, 0.25) is 5.91 Å². The van der Waals surface area contributed by atoms with E-state index < -0.39 is 0 Å². The average molecular weight is 323 g/mol. The lowest BCUT2D eigenvalue weighted by Gasteiger charge is -2.17. The predicted octanol–water partition coefficient (Wildman–Crippen LogP) is 5.12. The van der Waals surface area contributed by atoms with Crippen molar-refractivity contribution < 1.29 is 4.79 Å². The van der Waals surface area contributed by atoms with E-state index in [-0.39, 0.29) is 11.9 Å². The minimum Gasteiger partial charge on any atom is -0.378 e. The summed E-state index contributed by atoms with van der Waals surface area (Å²) in [5, 5.41) is 7.35. The number of amides is 1. The van der Waals surface area contributed by atoms with Crippen LogP contribution < -0.4 is 10.6 Å². The minimum absolute atomic E-state index is 0.0429. The Hall–Kier alpha value is -1.71. The smallest absolute Gasteiger partial charge is 0.221 e. The third kappa shape index (κ3) is 4.38. The average Bonchev–Trinajstić information content (AvgIpc) is 2.40. The van der Waals surface area contributed by atoms with Crippen molar-refractivity contribution in [2.24, 2.45) is 0 Å². The van der Waals surface area contributed by atoms with Gasteiger partial charge in [0, 0.05) is 34.4 Å². The molecule has 0 aromatic heterocycles. The van der Waals surface area contributed by atoms with Gasteiger partial charge in [0.15, 0.2) is 0 Å². The molecule has 0 spiro atoms. The first-order valence-corrected chi connectivity index (χ1v) is 7.30. The Kier molecular flexibility index (Phi) is 5.10. The lowest BCUT2D eigenvalue weighted by Crippen LogP contribution is -2.08. The third-order valence-electron chi connectivity index (χ3n) is 3.02. The van der Waals surface area contributed by atoms with Crippen molar-refractivity contribution in [3.63, 3.8) is 0 Å². The van der Waals surface area contributed by atoms with Crippen LogP contribution in [0.3, 0.4) is 0 Å². The summed E-state index contributed by atoms with van der Waals surface area (Å²) >= 11 is 12.1. The Labute approximate surface area is 134 Å². The summed E-state index contributed by atoms with van der Waals surface area (Å²) in [6.07, 6.45) is 0. The van der Waals surface area contributed by atoms with Crippen LogP contribution in [0.2, 0.25) is 10.0 Å². The van der Waals surface area contributed by atoms with Gasteiger partial charge in [0.1, 0.15) is 0 Å². The molecule has 5 heteroatoms. The van der Waals surface area contributed by atoms with E-state index in [1.165, 1.54) is 6.92 Å². The Morgan fingerprint density at radius 1 is 1.05 bits per heavy atom. The molecule has 3 nitrogen and oxygen atoms in total. The minimum atomic E-state index is -0.0861. The van der Waals surface area contributed by atoms with E-state index in [0.29, 0.717) is 10.0 Å². The molecule has 0 fully saturated rings. The van der Waals surface area contributed by atoms with Crippen LogP contribution in [0.4, 0.5) is 11.4 Å². The van der Waals surface area contributed by atoms with E-state index in [4.69, 9.17) is 23.2 Å². The highest BCUT2D eigenvalue weighted by Crippen LogP contribution is 2.28. The number of hydrogen-bond donors (Lipinski definition) is 2. The first-order chi connectivity index (χ1) is 9.95. The largest absolute Gasteiger partial charge is 0.378 e. The van der Waals surface area contributed by atoms with Crippen LogP contribution in [0.15, 0.2) is 42.5 Å². The van der Waals surface area contributed by atoms with Crippen LogP contribution in [-0.2, 0) is 4.79 Å². The molecule has 0 aliphatic rings. The van der Waals surface area contributed by atoms with E-state index in [0.717, 1.165) is 16.9 Å². The highest BCUT2D eigenvalue weighted by molar-refractivity contribution is 6.35. The Balaban J connectivity index is 2.08. The first kappa shape index (κ1) is 15.7. The number of carbonyl (C=O) groups is 1. The van der Waals surface area contributed by atoms with Crippen molar-refractivity contribution >= 4 is 40.5 Å². The SMILES string of the molecule is CC(=O)Nc1ccc(NC(C)c2ccc(Cl)cc2Cl)cc1. The zero-order valence-electron chi connectivity index (χ0n) is 11.8. The van der Waals surface area contributed by atoms with Gasteiger partial charge >= 0.3 is 0 Å². The molecule has 2 aromatic carbocycles. The van der Waals surface area contributed by atoms with E-state index in [2.05, 4.69) is 10.6 Å². The van der Waals surface area contributed by atoms with Gasteiger partial charge in [-0.1, -0.05) is 29.3 Å². The number of hydrogen-bond acceptors (Lipinski definition) is 2. The molecule has 1 unspecified atom stereocenters. The number of nitrogens with one attached hydrogen (secondary N) is 2. The Morgan fingerprint density at radius 3 is 2.24 bits per heavy atom. The number of carbonyl (C=O) groups excluding carboxylic acids is 1. The molecule has 0 aliphatic heterocycles. The molecule has 0 heterocycles. The zero-order chi connectivity index (χ0) is 15.4. The quantitative estimate of drug-likeness (QED) is 0.819. The molecule has 0 aliphatic carbocycles. The van der Waals surface area contributed by atoms with Gasteiger partial charge in [0.25, 0.3) is 0 Å². The van der Waals surface area contributed by atoms with E-state index in [9.17, 15) is 4.79 Å². The molecule has 110 valence electrons. The van der Waals surface area contributed by atoms with Crippen molar-refractivity contribution in [3.8, 4) is 0 Å². The molecule has 2 aromatic rings. The Bertz CT molecular complexity index is 641. The van der Waals surface area contributed by atoms with Crippen LogP contribution in [0.1, 0.15) is 25.5 Å². The lowest BCUT2D eigenvalue weighted by molar-refractivity contribution is -0.114. The summed E-state index contributed by atoms with van der Waals surface area (Å²) in [6, 6.07) is 13.0. The highest BCUT2D eigenvalue weighted by Gasteiger charge is 2.10. The molecule has 2 rings (SSSR count). The molecule has 21 heavy (non-hydrogen) atoms. The molecule has 2 N–H and O–H groups in total. The summed E-state index contributed by atoms with van der Waals surface area (Å²) in [4.78, 5) is 11.0. The first-order valence-electron chi connectivity index (χ1n) is 6.55. The summed E-state index contributed by atoms with van der Waals surface area (Å²) in [5.41, 5.74) is 2.69. The fourth-order valence-electron chi connectivity index (χ4n) is 2.03. The van der Waals surface area contributed by atoms with Gasteiger partial charge < -0.3 is 10.6 Å². The number of anilines is 2. The van der Waals surface area contributed by atoms with Crippen LogP contribution in [0, 0.1) is 0 Å². The number of rotatable bonds is 4. The second kappa shape index (κ2) is 6.83. The van der Waals surface area contributed by atoms with E-state index in [1.54, 1.807) is 6.07 Å². The fourth-order valence-corrected chi connectivity index (χ4v) is 2.61. The van der Waals surface area contributed by atoms with Gasteiger partial charge in [-0.25, -0.2) is 0 Å². The molecule has 0 saturated heterocycles. The summed E-state index contributed by atoms with van der Waals surface area (Å²) in [5.74, 6) is -0.0861. The van der Waals surface area contributed by atoms with Gasteiger partial charge in [-0.05, 0) is 48.9 Å². The van der Waals surface area contributed by atoms with Gasteiger partial charge in [0.05, 0.1) is 0 Å². The van der Waals surface area contributed by atoms with Crippen molar-refractivity contribution in [2.45, 2.75) is 19.9 Å². The van der Waals surface area contributed by atoms with Crippen LogP contribution in [-0.4, -0.2) is 5.91 Å². The normalized spacial score (nSPS) is 11.8. The molecule has 0 radical (unpaired) electrons. The number of benzene rings is 2. The molecule has 0 bridgehead atoms. The van der Waals surface area contributed by atoms with Crippen LogP contribution >= 0.6 is 23.2 Å². The predicted molar refractivity (Wildman–Crippen MR) is 89.2 cm³/mol. The lowest BCUT2D eigenvalue weighted by atomic mass is 10.1. The van der Waals surface area contributed by atoms with Gasteiger partial charge in [-0.3, -0.25) is 4.79 Å². The van der Waals surface area contributed by atoms with Crippen molar-refractivity contribution in [1.29, 1.82) is 0 Å². The second-order valence-corrected chi connectivity index (χ2v) is 5.63. The maximum Gasteiger partial charge on any atom is 0.221 e. The maximum absolute atomic E-state index is 11.0. The summed E-state index contributed by atoms with van der Waals surface area (Å²) in [6.45, 7) is 3.51. The molecular formula is C16H16Cl2N2O. The fraction of sp³-hybridized carbons (Fsp3) is 0.188. The Morgan fingerprint density at radius 2 is 1.67 bits per heavy atom. The van der Waals surface area contributed by atoms with E-state index in [1.807, 2.05) is 43.3 Å². The van der Waals surface area contributed by atoms with Crippen molar-refractivity contribution in [2.75, 3.05) is 10.6 Å². The summed E-state index contributed by atoms with van der Waals surface area (Å²) in [7, 11) is 0. The maximum atomic E-state index is 11.0. The molecular weight excluding hydrogens is 307 g/mol. The zero-order valence-corrected chi connectivity index (χ0v) is 13.3. The second-order valence-electron chi connectivity index (χ2n) is 4.79. The summed E-state index contributed by atoms with van der Waals surface area (Å²) < 4.78 is 0. The van der Waals surface area contributed by atoms with Crippen LogP contribution in [0.5, 0.6) is 0 Å². The van der Waals surface area contributed by atoms with Crippen LogP contribution in [0.25, 0.3) is 0 Å². The monoisotopic (exact) mass is 322 g/mol. The molecule has 1 atom stereocenters.